The number of carbonyl (C=O) groups excluding carboxylic acids is 2. The summed E-state index contributed by atoms with van der Waals surface area (Å²) in [5.74, 6) is 0.715. The van der Waals surface area contributed by atoms with Crippen molar-refractivity contribution in [1.29, 1.82) is 0 Å². The van der Waals surface area contributed by atoms with Gasteiger partial charge in [-0.1, -0.05) is 32.0 Å². The van der Waals surface area contributed by atoms with E-state index < -0.39 is 0 Å². The van der Waals surface area contributed by atoms with E-state index in [1.807, 2.05) is 18.2 Å². The van der Waals surface area contributed by atoms with E-state index in [0.29, 0.717) is 12.0 Å². The highest BCUT2D eigenvalue weighted by molar-refractivity contribution is 7.98. The Bertz CT molecular complexity index is 806. The van der Waals surface area contributed by atoms with Crippen molar-refractivity contribution in [2.75, 3.05) is 7.11 Å². The normalized spacial score (nSPS) is 15.6. The first-order chi connectivity index (χ1) is 11.9. The van der Waals surface area contributed by atoms with Crippen LogP contribution in [-0.4, -0.2) is 18.9 Å². The van der Waals surface area contributed by atoms with Crippen LogP contribution in [0.25, 0.3) is 0 Å². The van der Waals surface area contributed by atoms with E-state index in [0.717, 1.165) is 33.8 Å². The van der Waals surface area contributed by atoms with E-state index in [1.165, 1.54) is 7.11 Å². The Morgan fingerprint density at radius 3 is 2.56 bits per heavy atom. The largest absolute Gasteiger partial charge is 0.465 e. The van der Waals surface area contributed by atoms with Crippen molar-refractivity contribution >= 4 is 23.5 Å². The zero-order chi connectivity index (χ0) is 18.0. The topological polar surface area (TPSA) is 43.4 Å². The van der Waals surface area contributed by atoms with Gasteiger partial charge >= 0.3 is 5.97 Å². The summed E-state index contributed by atoms with van der Waals surface area (Å²) in [7, 11) is 1.38. The minimum absolute atomic E-state index is 0.0656. The van der Waals surface area contributed by atoms with Crippen molar-refractivity contribution in [3.8, 4) is 0 Å². The molecule has 0 atom stereocenters. The molecule has 3 rings (SSSR count). The second-order valence-electron chi connectivity index (χ2n) is 6.99. The highest BCUT2D eigenvalue weighted by Gasteiger charge is 2.31. The third-order valence-electron chi connectivity index (χ3n) is 4.78. The van der Waals surface area contributed by atoms with Crippen LogP contribution in [0.5, 0.6) is 0 Å². The number of hydrogen-bond donors (Lipinski definition) is 0. The summed E-state index contributed by atoms with van der Waals surface area (Å²) in [6.07, 6.45) is 1.54. The average molecular weight is 354 g/mol. The van der Waals surface area contributed by atoms with Gasteiger partial charge in [-0.2, -0.15) is 0 Å². The summed E-state index contributed by atoms with van der Waals surface area (Å²) in [6, 6.07) is 13.7. The maximum Gasteiger partial charge on any atom is 0.337 e. The summed E-state index contributed by atoms with van der Waals surface area (Å²) in [5, 5.41) is 0. The summed E-state index contributed by atoms with van der Waals surface area (Å²) in [6.45, 7) is 4.40. The number of ether oxygens (including phenoxy) is 1. The molecule has 0 amide bonds. The maximum absolute atomic E-state index is 12.3. The molecule has 0 aliphatic heterocycles. The van der Waals surface area contributed by atoms with Crippen molar-refractivity contribution in [3.05, 3.63) is 64.7 Å². The first kappa shape index (κ1) is 17.7. The lowest BCUT2D eigenvalue weighted by molar-refractivity contribution is 0.0600. The third kappa shape index (κ3) is 3.79. The Hall–Kier alpha value is -2.07. The van der Waals surface area contributed by atoms with Crippen LogP contribution in [-0.2, 0) is 15.9 Å². The standard InChI is InChI=1S/C21H22O3S/c1-21(2)11-10-19(22)17-12-16(8-9-18(17)21)25-13-14-4-6-15(7-5-14)20(23)24-3/h4-9,12H,10-11,13H2,1-3H3. The van der Waals surface area contributed by atoms with E-state index in [2.05, 4.69) is 26.0 Å². The number of carbonyl (C=O) groups is 2. The summed E-state index contributed by atoms with van der Waals surface area (Å²) in [4.78, 5) is 24.8. The van der Waals surface area contributed by atoms with Crippen molar-refractivity contribution in [2.24, 2.45) is 0 Å². The zero-order valence-corrected chi connectivity index (χ0v) is 15.6. The molecule has 3 nitrogen and oxygen atoms in total. The molecule has 0 saturated heterocycles. The quantitative estimate of drug-likeness (QED) is 0.571. The number of esters is 1. The van der Waals surface area contributed by atoms with Gasteiger partial charge in [0.05, 0.1) is 12.7 Å². The van der Waals surface area contributed by atoms with Crippen LogP contribution in [0.15, 0.2) is 47.4 Å². The van der Waals surface area contributed by atoms with E-state index in [-0.39, 0.29) is 17.2 Å². The Kier molecular flexibility index (Phi) is 5.00. The summed E-state index contributed by atoms with van der Waals surface area (Å²) in [5.41, 5.74) is 3.79. The van der Waals surface area contributed by atoms with Crippen LogP contribution in [0.3, 0.4) is 0 Å². The van der Waals surface area contributed by atoms with Crippen LogP contribution in [0.4, 0.5) is 0 Å². The monoisotopic (exact) mass is 354 g/mol. The molecule has 1 aliphatic rings. The number of fused-ring (bicyclic) bond motifs is 1. The highest BCUT2D eigenvalue weighted by atomic mass is 32.2. The molecule has 0 fully saturated rings. The van der Waals surface area contributed by atoms with E-state index in [1.54, 1.807) is 23.9 Å². The maximum atomic E-state index is 12.3. The van der Waals surface area contributed by atoms with Crippen molar-refractivity contribution in [3.63, 3.8) is 0 Å². The first-order valence-corrected chi connectivity index (χ1v) is 9.37. The molecule has 0 bridgehead atoms. The fourth-order valence-corrected chi connectivity index (χ4v) is 4.04. The fraction of sp³-hybridized carbons (Fsp3) is 0.333. The SMILES string of the molecule is COC(=O)c1ccc(CSc2ccc3c(c2)C(=O)CCC3(C)C)cc1. The molecule has 0 radical (unpaired) electrons. The fourth-order valence-electron chi connectivity index (χ4n) is 3.15. The molecule has 130 valence electrons. The van der Waals surface area contributed by atoms with Gasteiger partial charge in [-0.15, -0.1) is 11.8 Å². The predicted octanol–water partition coefficient (Wildman–Crippen LogP) is 5.02. The second kappa shape index (κ2) is 7.04. The Balaban J connectivity index is 1.73. The van der Waals surface area contributed by atoms with Gasteiger partial charge in [-0.25, -0.2) is 4.79 Å². The second-order valence-corrected chi connectivity index (χ2v) is 8.04. The van der Waals surface area contributed by atoms with Gasteiger partial charge in [-0.05, 0) is 47.2 Å². The van der Waals surface area contributed by atoms with Gasteiger partial charge in [0, 0.05) is 22.6 Å². The van der Waals surface area contributed by atoms with Gasteiger partial charge in [0.25, 0.3) is 0 Å². The van der Waals surface area contributed by atoms with E-state index in [4.69, 9.17) is 4.74 Å². The molecule has 4 heteroatoms. The van der Waals surface area contributed by atoms with Crippen molar-refractivity contribution in [1.82, 2.24) is 0 Å². The molecule has 2 aromatic carbocycles. The van der Waals surface area contributed by atoms with E-state index >= 15 is 0 Å². The molecule has 0 N–H and O–H groups in total. The number of thioether (sulfide) groups is 1. The molecule has 0 aromatic heterocycles. The first-order valence-electron chi connectivity index (χ1n) is 8.38. The minimum Gasteiger partial charge on any atom is -0.465 e. The number of methoxy groups -OCH3 is 1. The molecular formula is C21H22O3S. The minimum atomic E-state index is -0.324. The third-order valence-corrected chi connectivity index (χ3v) is 5.84. The molecule has 0 spiro atoms. The molecule has 0 saturated carbocycles. The van der Waals surface area contributed by atoms with Crippen LogP contribution in [0.1, 0.15) is 58.5 Å². The number of benzene rings is 2. The van der Waals surface area contributed by atoms with E-state index in [9.17, 15) is 9.59 Å². The summed E-state index contributed by atoms with van der Waals surface area (Å²) >= 11 is 1.70. The lowest BCUT2D eigenvalue weighted by Gasteiger charge is -2.31. The van der Waals surface area contributed by atoms with Gasteiger partial charge in [-0.3, -0.25) is 4.79 Å². The smallest absolute Gasteiger partial charge is 0.337 e. The molecule has 0 unspecified atom stereocenters. The van der Waals surface area contributed by atoms with Gasteiger partial charge in [0.2, 0.25) is 0 Å². The Morgan fingerprint density at radius 1 is 1.16 bits per heavy atom. The lowest BCUT2D eigenvalue weighted by atomic mass is 9.72. The lowest BCUT2D eigenvalue weighted by Crippen LogP contribution is -2.27. The van der Waals surface area contributed by atoms with Gasteiger partial charge in [0.1, 0.15) is 0 Å². The molecule has 1 aliphatic carbocycles. The number of hydrogen-bond acceptors (Lipinski definition) is 4. The van der Waals surface area contributed by atoms with Crippen LogP contribution >= 0.6 is 11.8 Å². The Morgan fingerprint density at radius 2 is 1.88 bits per heavy atom. The molecule has 2 aromatic rings. The summed E-state index contributed by atoms with van der Waals surface area (Å²) < 4.78 is 4.71. The van der Waals surface area contributed by atoms with Gasteiger partial charge < -0.3 is 4.74 Å². The van der Waals surface area contributed by atoms with Crippen LogP contribution in [0, 0.1) is 0 Å². The highest BCUT2D eigenvalue weighted by Crippen LogP contribution is 2.38. The molecular weight excluding hydrogens is 332 g/mol. The number of ketones is 1. The predicted molar refractivity (Wildman–Crippen MR) is 100 cm³/mol. The number of rotatable bonds is 4. The van der Waals surface area contributed by atoms with Crippen molar-refractivity contribution in [2.45, 2.75) is 42.8 Å². The Labute approximate surface area is 152 Å². The van der Waals surface area contributed by atoms with Crippen LogP contribution < -0.4 is 0 Å². The van der Waals surface area contributed by atoms with Crippen LogP contribution in [0.2, 0.25) is 0 Å². The average Bonchev–Trinajstić information content (AvgIpc) is 2.63. The van der Waals surface area contributed by atoms with Crippen molar-refractivity contribution < 1.29 is 14.3 Å². The molecule has 0 heterocycles. The number of Topliss-reactive ketones (excluding diaryl/α,β-unsaturated/α-hetero) is 1. The molecule has 25 heavy (non-hydrogen) atoms. The van der Waals surface area contributed by atoms with Gasteiger partial charge in [0.15, 0.2) is 5.78 Å². The zero-order valence-electron chi connectivity index (χ0n) is 14.8.